The Morgan fingerprint density at radius 1 is 1.12 bits per heavy atom. The summed E-state index contributed by atoms with van der Waals surface area (Å²) in [6, 6.07) is 7.92. The van der Waals surface area contributed by atoms with Gasteiger partial charge in [0.2, 0.25) is 6.79 Å². The Balaban J connectivity index is 1.43. The molecule has 3 N–H and O–H groups in total. The number of amides is 1. The number of carbonyl (C=O) groups is 1. The molecule has 1 aliphatic rings. The lowest BCUT2D eigenvalue weighted by Crippen LogP contribution is -2.45. The second-order valence-corrected chi connectivity index (χ2v) is 5.47. The van der Waals surface area contributed by atoms with Crippen molar-refractivity contribution < 1.29 is 27.8 Å². The van der Waals surface area contributed by atoms with Gasteiger partial charge in [0.15, 0.2) is 34.8 Å². The van der Waals surface area contributed by atoms with Crippen molar-refractivity contribution >= 4 is 28.9 Å². The third kappa shape index (κ3) is 4.48. The van der Waals surface area contributed by atoms with Gasteiger partial charge in [-0.05, 0) is 36.5 Å². The summed E-state index contributed by atoms with van der Waals surface area (Å²) >= 11 is 5.04. The molecule has 26 heavy (non-hydrogen) atoms. The third-order valence-corrected chi connectivity index (χ3v) is 3.40. The van der Waals surface area contributed by atoms with E-state index in [4.69, 9.17) is 26.4 Å². The topological polar surface area (TPSA) is 80.9 Å². The van der Waals surface area contributed by atoms with Gasteiger partial charge < -0.3 is 19.5 Å². The molecule has 0 radical (unpaired) electrons. The van der Waals surface area contributed by atoms with E-state index in [1.165, 1.54) is 0 Å². The molecule has 0 bridgehead atoms. The van der Waals surface area contributed by atoms with E-state index in [-0.39, 0.29) is 17.7 Å². The van der Waals surface area contributed by atoms with Crippen molar-refractivity contribution in [1.29, 1.82) is 0 Å². The number of halogens is 2. The fourth-order valence-electron chi connectivity index (χ4n) is 2.03. The Morgan fingerprint density at radius 3 is 2.73 bits per heavy atom. The molecule has 10 heteroatoms. The quantitative estimate of drug-likeness (QED) is 0.553. The third-order valence-electron chi connectivity index (χ3n) is 3.20. The van der Waals surface area contributed by atoms with Gasteiger partial charge >= 0.3 is 0 Å². The van der Waals surface area contributed by atoms with Crippen molar-refractivity contribution in [2.75, 3.05) is 18.7 Å². The predicted molar refractivity (Wildman–Crippen MR) is 91.9 cm³/mol. The SMILES string of the molecule is O=C(COc1ccc(F)cc1F)NNC(=S)Nc1ccc2c(c1)OCO2. The lowest BCUT2D eigenvalue weighted by Gasteiger charge is -2.12. The summed E-state index contributed by atoms with van der Waals surface area (Å²) in [4.78, 5) is 11.7. The number of ether oxygens (including phenoxy) is 3. The van der Waals surface area contributed by atoms with Gasteiger partial charge in [-0.25, -0.2) is 8.78 Å². The lowest BCUT2D eigenvalue weighted by atomic mass is 10.3. The largest absolute Gasteiger partial charge is 0.481 e. The average Bonchev–Trinajstić information content (AvgIpc) is 3.07. The van der Waals surface area contributed by atoms with Gasteiger partial charge in [0, 0.05) is 17.8 Å². The van der Waals surface area contributed by atoms with Crippen LogP contribution < -0.4 is 30.4 Å². The zero-order valence-electron chi connectivity index (χ0n) is 13.2. The standard InChI is InChI=1S/C16H13F2N3O4S/c17-9-1-3-12(11(18)5-9)23-7-15(22)20-21-16(26)19-10-2-4-13-14(6-10)25-8-24-13/h1-6H,7-8H2,(H,20,22)(H2,19,21,26). The van der Waals surface area contributed by atoms with Crippen LogP contribution in [0.2, 0.25) is 0 Å². The summed E-state index contributed by atoms with van der Waals surface area (Å²) in [6.07, 6.45) is 0. The van der Waals surface area contributed by atoms with Crippen LogP contribution in [0, 0.1) is 11.6 Å². The number of thiocarbonyl (C=S) groups is 1. The molecule has 0 saturated carbocycles. The summed E-state index contributed by atoms with van der Waals surface area (Å²) in [6.45, 7) is -0.325. The summed E-state index contributed by atoms with van der Waals surface area (Å²) in [5, 5.41) is 2.96. The molecular weight excluding hydrogens is 368 g/mol. The molecule has 0 atom stereocenters. The molecule has 0 aromatic heterocycles. The maximum Gasteiger partial charge on any atom is 0.276 e. The van der Waals surface area contributed by atoms with Crippen molar-refractivity contribution in [2.24, 2.45) is 0 Å². The van der Waals surface area contributed by atoms with Crippen molar-refractivity contribution in [3.05, 3.63) is 48.0 Å². The first kappa shape index (κ1) is 17.7. The van der Waals surface area contributed by atoms with Crippen LogP contribution >= 0.6 is 12.2 Å². The van der Waals surface area contributed by atoms with E-state index in [1.54, 1.807) is 18.2 Å². The van der Waals surface area contributed by atoms with Gasteiger partial charge in [-0.15, -0.1) is 0 Å². The van der Waals surface area contributed by atoms with E-state index in [1.807, 2.05) is 0 Å². The van der Waals surface area contributed by atoms with E-state index >= 15 is 0 Å². The number of carbonyl (C=O) groups excluding carboxylic acids is 1. The Labute approximate surface area is 152 Å². The minimum absolute atomic E-state index is 0.116. The Bertz CT molecular complexity index is 850. The number of hydrogen-bond acceptors (Lipinski definition) is 5. The zero-order valence-corrected chi connectivity index (χ0v) is 14.0. The highest BCUT2D eigenvalue weighted by Gasteiger charge is 2.13. The summed E-state index contributed by atoms with van der Waals surface area (Å²) in [5.74, 6) is -1.26. The molecule has 1 aliphatic heterocycles. The second kappa shape index (κ2) is 7.83. The fourth-order valence-corrected chi connectivity index (χ4v) is 2.20. The minimum atomic E-state index is -0.897. The highest BCUT2D eigenvalue weighted by Crippen LogP contribution is 2.34. The smallest absolute Gasteiger partial charge is 0.276 e. The zero-order chi connectivity index (χ0) is 18.5. The fraction of sp³-hybridized carbons (Fsp3) is 0.125. The van der Waals surface area contributed by atoms with Gasteiger partial charge in [-0.1, -0.05) is 0 Å². The summed E-state index contributed by atoms with van der Waals surface area (Å²) in [5.41, 5.74) is 5.39. The van der Waals surface area contributed by atoms with Crippen molar-refractivity contribution in [2.45, 2.75) is 0 Å². The highest BCUT2D eigenvalue weighted by atomic mass is 32.1. The summed E-state index contributed by atoms with van der Waals surface area (Å²) < 4.78 is 41.6. The van der Waals surface area contributed by atoms with E-state index < -0.39 is 24.1 Å². The molecular formula is C16H13F2N3O4S. The molecule has 0 fully saturated rings. The van der Waals surface area contributed by atoms with Crippen LogP contribution in [0.3, 0.4) is 0 Å². The Hall–Kier alpha value is -3.14. The Kier molecular flexibility index (Phi) is 5.32. The monoisotopic (exact) mass is 381 g/mol. The first-order valence-corrected chi connectivity index (χ1v) is 7.75. The van der Waals surface area contributed by atoms with Crippen LogP contribution in [0.15, 0.2) is 36.4 Å². The Morgan fingerprint density at radius 2 is 1.92 bits per heavy atom. The van der Waals surface area contributed by atoms with Crippen molar-refractivity contribution in [3.63, 3.8) is 0 Å². The van der Waals surface area contributed by atoms with Crippen LogP contribution in [0.4, 0.5) is 14.5 Å². The van der Waals surface area contributed by atoms with Crippen LogP contribution in [-0.4, -0.2) is 24.4 Å². The van der Waals surface area contributed by atoms with Crippen LogP contribution in [0.25, 0.3) is 0 Å². The van der Waals surface area contributed by atoms with Gasteiger partial charge in [0.25, 0.3) is 5.91 Å². The van der Waals surface area contributed by atoms with Crippen LogP contribution in [0.5, 0.6) is 17.2 Å². The van der Waals surface area contributed by atoms with Crippen molar-refractivity contribution in [1.82, 2.24) is 10.9 Å². The molecule has 0 spiro atoms. The van der Waals surface area contributed by atoms with E-state index in [2.05, 4.69) is 16.2 Å². The second-order valence-electron chi connectivity index (χ2n) is 5.06. The maximum atomic E-state index is 13.4. The van der Waals surface area contributed by atoms with Gasteiger partial charge in [-0.2, -0.15) is 0 Å². The van der Waals surface area contributed by atoms with Crippen LogP contribution in [0.1, 0.15) is 0 Å². The number of benzene rings is 2. The number of anilines is 1. The van der Waals surface area contributed by atoms with Crippen LogP contribution in [-0.2, 0) is 4.79 Å². The summed E-state index contributed by atoms with van der Waals surface area (Å²) in [7, 11) is 0. The minimum Gasteiger partial charge on any atom is -0.481 e. The first-order chi connectivity index (χ1) is 12.5. The maximum absolute atomic E-state index is 13.4. The molecule has 2 aromatic rings. The molecule has 1 amide bonds. The highest BCUT2D eigenvalue weighted by molar-refractivity contribution is 7.80. The lowest BCUT2D eigenvalue weighted by molar-refractivity contribution is -0.123. The number of rotatable bonds is 4. The molecule has 0 unspecified atom stereocenters. The molecule has 136 valence electrons. The normalized spacial score (nSPS) is 11.6. The molecule has 1 heterocycles. The molecule has 7 nitrogen and oxygen atoms in total. The number of hydrogen-bond donors (Lipinski definition) is 3. The van der Waals surface area contributed by atoms with Gasteiger partial charge in [-0.3, -0.25) is 15.6 Å². The molecule has 0 saturated heterocycles. The average molecular weight is 381 g/mol. The molecule has 2 aromatic carbocycles. The van der Waals surface area contributed by atoms with E-state index in [0.29, 0.717) is 23.3 Å². The van der Waals surface area contributed by atoms with Gasteiger partial charge in [0.05, 0.1) is 0 Å². The number of hydrazine groups is 1. The number of fused-ring (bicyclic) bond motifs is 1. The van der Waals surface area contributed by atoms with E-state index in [0.717, 1.165) is 12.1 Å². The molecule has 3 rings (SSSR count). The van der Waals surface area contributed by atoms with Gasteiger partial charge in [0.1, 0.15) is 5.82 Å². The number of nitrogens with one attached hydrogen (secondary N) is 3. The van der Waals surface area contributed by atoms with Crippen molar-refractivity contribution in [3.8, 4) is 17.2 Å². The van der Waals surface area contributed by atoms with E-state index in [9.17, 15) is 13.6 Å². The first-order valence-electron chi connectivity index (χ1n) is 7.34. The molecule has 0 aliphatic carbocycles. The predicted octanol–water partition coefficient (Wildman–Crippen LogP) is 2.09.